The summed E-state index contributed by atoms with van der Waals surface area (Å²) in [5.41, 5.74) is 2.00. The molecule has 0 aromatic heterocycles. The molecule has 136 valence electrons. The van der Waals surface area contributed by atoms with Crippen molar-refractivity contribution >= 4 is 23.3 Å². The van der Waals surface area contributed by atoms with Gasteiger partial charge in [0.05, 0.1) is 31.4 Å². The number of ether oxygens (including phenoxy) is 3. The molecule has 6 nitrogen and oxygen atoms in total. The fourth-order valence-corrected chi connectivity index (χ4v) is 2.91. The van der Waals surface area contributed by atoms with E-state index in [2.05, 4.69) is 10.6 Å². The first-order valence-corrected chi connectivity index (χ1v) is 8.58. The van der Waals surface area contributed by atoms with Gasteiger partial charge in [0, 0.05) is 5.70 Å². The van der Waals surface area contributed by atoms with Gasteiger partial charge in [-0.3, -0.25) is 0 Å². The van der Waals surface area contributed by atoms with Crippen LogP contribution in [0.1, 0.15) is 39.3 Å². The second-order valence-electron chi connectivity index (χ2n) is 5.87. The van der Waals surface area contributed by atoms with E-state index in [1.807, 2.05) is 32.0 Å². The molecular formula is C18H24N2O4S. The molecule has 1 aliphatic heterocycles. The van der Waals surface area contributed by atoms with Crippen LogP contribution in [-0.4, -0.2) is 30.9 Å². The van der Waals surface area contributed by atoms with Gasteiger partial charge in [0.15, 0.2) is 16.6 Å². The van der Waals surface area contributed by atoms with E-state index in [-0.39, 0.29) is 12.1 Å². The van der Waals surface area contributed by atoms with Gasteiger partial charge < -0.3 is 24.8 Å². The third kappa shape index (κ3) is 4.42. The normalized spacial score (nSPS) is 17.0. The molecule has 7 heteroatoms. The van der Waals surface area contributed by atoms with E-state index in [1.54, 1.807) is 21.0 Å². The Labute approximate surface area is 153 Å². The average Bonchev–Trinajstić information content (AvgIpc) is 2.54. The smallest absolute Gasteiger partial charge is 0.338 e. The maximum absolute atomic E-state index is 12.4. The molecule has 2 rings (SSSR count). The Balaban J connectivity index is 2.44. The summed E-state index contributed by atoms with van der Waals surface area (Å²) in [5, 5.41) is 6.56. The van der Waals surface area contributed by atoms with Crippen LogP contribution in [-0.2, 0) is 9.53 Å². The summed E-state index contributed by atoms with van der Waals surface area (Å²) in [7, 11) is 1.58. The predicted octanol–water partition coefficient (Wildman–Crippen LogP) is 2.84. The van der Waals surface area contributed by atoms with Crippen LogP contribution in [0.5, 0.6) is 11.5 Å². The number of carbonyl (C=O) groups excluding carboxylic acids is 1. The van der Waals surface area contributed by atoms with E-state index in [9.17, 15) is 4.79 Å². The van der Waals surface area contributed by atoms with E-state index in [0.717, 1.165) is 5.56 Å². The van der Waals surface area contributed by atoms with Crippen molar-refractivity contribution in [1.82, 2.24) is 10.6 Å². The van der Waals surface area contributed by atoms with Crippen LogP contribution in [0.3, 0.4) is 0 Å². The summed E-state index contributed by atoms with van der Waals surface area (Å²) in [5.74, 6) is 0.864. The van der Waals surface area contributed by atoms with Crippen LogP contribution in [0.25, 0.3) is 0 Å². The highest BCUT2D eigenvalue weighted by Gasteiger charge is 2.31. The number of rotatable bonds is 6. The zero-order valence-corrected chi connectivity index (χ0v) is 16.0. The predicted molar refractivity (Wildman–Crippen MR) is 99.7 cm³/mol. The first kappa shape index (κ1) is 19.1. The summed E-state index contributed by atoms with van der Waals surface area (Å²) in [4.78, 5) is 12.4. The van der Waals surface area contributed by atoms with E-state index >= 15 is 0 Å². The number of methoxy groups -OCH3 is 1. The van der Waals surface area contributed by atoms with Gasteiger partial charge >= 0.3 is 5.97 Å². The van der Waals surface area contributed by atoms with Crippen molar-refractivity contribution in [3.8, 4) is 11.5 Å². The molecule has 0 spiro atoms. The van der Waals surface area contributed by atoms with Crippen LogP contribution in [0.15, 0.2) is 29.5 Å². The van der Waals surface area contributed by atoms with E-state index < -0.39 is 6.04 Å². The number of hydrogen-bond acceptors (Lipinski definition) is 5. The van der Waals surface area contributed by atoms with Gasteiger partial charge in [-0.15, -0.1) is 0 Å². The van der Waals surface area contributed by atoms with Gasteiger partial charge in [0.2, 0.25) is 0 Å². The van der Waals surface area contributed by atoms with Crippen LogP contribution in [0, 0.1) is 0 Å². The molecule has 0 aliphatic carbocycles. The molecule has 2 N–H and O–H groups in total. The number of esters is 1. The summed E-state index contributed by atoms with van der Waals surface area (Å²) in [6, 6.07) is 5.14. The fourth-order valence-electron chi connectivity index (χ4n) is 2.64. The largest absolute Gasteiger partial charge is 0.493 e. The maximum atomic E-state index is 12.4. The van der Waals surface area contributed by atoms with Gasteiger partial charge in [-0.1, -0.05) is 6.07 Å². The number of nitrogens with one attached hydrogen (secondary N) is 2. The Kier molecular flexibility index (Phi) is 6.25. The molecule has 0 saturated heterocycles. The lowest BCUT2D eigenvalue weighted by Gasteiger charge is -2.30. The molecule has 1 heterocycles. The second kappa shape index (κ2) is 8.20. The van der Waals surface area contributed by atoms with Gasteiger partial charge in [-0.2, -0.15) is 0 Å². The summed E-state index contributed by atoms with van der Waals surface area (Å²) in [6.45, 7) is 7.78. The average molecular weight is 364 g/mol. The van der Waals surface area contributed by atoms with Crippen molar-refractivity contribution in [2.45, 2.75) is 39.8 Å². The maximum Gasteiger partial charge on any atom is 0.338 e. The lowest BCUT2D eigenvalue weighted by Crippen LogP contribution is -2.45. The molecule has 25 heavy (non-hydrogen) atoms. The summed E-state index contributed by atoms with van der Waals surface area (Å²) < 4.78 is 16.4. The Bertz CT molecular complexity index is 700. The zero-order valence-electron chi connectivity index (χ0n) is 15.1. The molecule has 0 amide bonds. The molecule has 0 radical (unpaired) electrons. The van der Waals surface area contributed by atoms with E-state index in [1.165, 1.54) is 0 Å². The third-order valence-corrected chi connectivity index (χ3v) is 3.87. The van der Waals surface area contributed by atoms with Crippen LogP contribution in [0.2, 0.25) is 0 Å². The molecule has 0 unspecified atom stereocenters. The topological polar surface area (TPSA) is 68.8 Å². The number of thiocarbonyl (C=S) groups is 1. The highest BCUT2D eigenvalue weighted by molar-refractivity contribution is 7.80. The molecule has 0 fully saturated rings. The molecule has 1 aromatic rings. The van der Waals surface area contributed by atoms with Gasteiger partial charge in [-0.25, -0.2) is 4.79 Å². The quantitative estimate of drug-likeness (QED) is 0.594. The van der Waals surface area contributed by atoms with Crippen molar-refractivity contribution in [2.75, 3.05) is 13.7 Å². The number of benzene rings is 1. The van der Waals surface area contributed by atoms with Crippen molar-refractivity contribution < 1.29 is 19.0 Å². The minimum atomic E-state index is -0.421. The van der Waals surface area contributed by atoms with Crippen LogP contribution >= 0.6 is 12.2 Å². The monoisotopic (exact) mass is 364 g/mol. The van der Waals surface area contributed by atoms with Crippen molar-refractivity contribution in [3.05, 3.63) is 35.0 Å². The zero-order chi connectivity index (χ0) is 18.6. The van der Waals surface area contributed by atoms with Crippen LogP contribution in [0.4, 0.5) is 0 Å². The number of carbonyl (C=O) groups is 1. The highest BCUT2D eigenvalue weighted by Crippen LogP contribution is 2.35. The molecule has 0 saturated carbocycles. The standard InChI is InChI=1S/C18H24N2O4S/c1-6-23-17(21)15-11(4)19-18(25)20-16(15)12-7-8-13(24-10(2)3)14(9-12)22-5/h7-10,16H,6H2,1-5H3,(H2,19,20,25)/t16-/m0/s1. The van der Waals surface area contributed by atoms with Crippen molar-refractivity contribution in [3.63, 3.8) is 0 Å². The van der Waals surface area contributed by atoms with E-state index in [4.69, 9.17) is 26.4 Å². The fraction of sp³-hybridized carbons (Fsp3) is 0.444. The van der Waals surface area contributed by atoms with E-state index in [0.29, 0.717) is 34.5 Å². The first-order valence-electron chi connectivity index (χ1n) is 8.17. The summed E-state index contributed by atoms with van der Waals surface area (Å²) in [6.07, 6.45) is 0.0292. The SMILES string of the molecule is CCOC(=O)C1=C(C)NC(=S)N[C@H]1c1ccc(OC(C)C)c(OC)c1. The Morgan fingerprint density at radius 2 is 2.04 bits per heavy atom. The molecule has 1 aliphatic rings. The minimum absolute atomic E-state index is 0.0292. The lowest BCUT2D eigenvalue weighted by atomic mass is 9.95. The summed E-state index contributed by atoms with van der Waals surface area (Å²) >= 11 is 5.24. The van der Waals surface area contributed by atoms with Crippen molar-refractivity contribution in [2.24, 2.45) is 0 Å². The number of allylic oxidation sites excluding steroid dienone is 1. The van der Waals surface area contributed by atoms with Crippen LogP contribution < -0.4 is 20.1 Å². The Hall–Kier alpha value is -2.28. The minimum Gasteiger partial charge on any atom is -0.493 e. The first-order chi connectivity index (χ1) is 11.9. The molecule has 1 aromatic carbocycles. The highest BCUT2D eigenvalue weighted by atomic mass is 32.1. The van der Waals surface area contributed by atoms with Gasteiger partial charge in [0.1, 0.15) is 0 Å². The molecule has 0 bridgehead atoms. The van der Waals surface area contributed by atoms with Crippen molar-refractivity contribution in [1.29, 1.82) is 0 Å². The number of hydrogen-bond donors (Lipinski definition) is 2. The van der Waals surface area contributed by atoms with Gasteiger partial charge in [-0.05, 0) is 57.6 Å². The second-order valence-corrected chi connectivity index (χ2v) is 6.28. The molecular weight excluding hydrogens is 340 g/mol. The molecule has 1 atom stereocenters. The lowest BCUT2D eigenvalue weighted by molar-refractivity contribution is -0.139. The Morgan fingerprint density at radius 1 is 1.32 bits per heavy atom. The third-order valence-electron chi connectivity index (χ3n) is 3.65. The Morgan fingerprint density at radius 3 is 2.64 bits per heavy atom. The van der Waals surface area contributed by atoms with Gasteiger partial charge in [0.25, 0.3) is 0 Å².